The summed E-state index contributed by atoms with van der Waals surface area (Å²) < 4.78 is 13.5. The van der Waals surface area contributed by atoms with Gasteiger partial charge in [-0.2, -0.15) is 0 Å². The van der Waals surface area contributed by atoms with Gasteiger partial charge in [0.25, 0.3) is 0 Å². The summed E-state index contributed by atoms with van der Waals surface area (Å²) in [6.45, 7) is 0.366. The molecule has 0 aromatic heterocycles. The monoisotopic (exact) mass is 218 g/mol. The minimum absolute atomic E-state index is 0.180. The van der Waals surface area contributed by atoms with Gasteiger partial charge in [-0.05, 0) is 12.8 Å². The van der Waals surface area contributed by atoms with Crippen LogP contribution >= 0.6 is 0 Å². The van der Waals surface area contributed by atoms with Crippen LogP contribution in [0.2, 0.25) is 0 Å². The molecule has 0 aromatic rings. The average Bonchev–Trinajstić information content (AvgIpc) is 2.26. The van der Waals surface area contributed by atoms with Gasteiger partial charge in [0.1, 0.15) is 0 Å². The summed E-state index contributed by atoms with van der Waals surface area (Å²) in [5.74, 6) is -0.180. The van der Waals surface area contributed by atoms with Gasteiger partial charge in [-0.25, -0.2) is 4.79 Å². The predicted octanol–water partition coefficient (Wildman–Crippen LogP) is 1.89. The quantitative estimate of drug-likeness (QED) is 0.482. The Kier molecular flexibility index (Phi) is 8.52. The van der Waals surface area contributed by atoms with Crippen molar-refractivity contribution in [3.8, 4) is 0 Å². The number of esters is 1. The van der Waals surface area contributed by atoms with Crippen LogP contribution in [0.15, 0.2) is 0 Å². The molecule has 0 atom stereocenters. The Balaban J connectivity index is 3.11. The fourth-order valence-electron chi connectivity index (χ4n) is 1.04. The van der Waals surface area contributed by atoms with E-state index in [1.807, 2.05) is 0 Å². The van der Waals surface area contributed by atoms with E-state index in [1.54, 1.807) is 0 Å². The van der Waals surface area contributed by atoms with Crippen LogP contribution in [-0.2, 0) is 19.0 Å². The number of carbonyl (C=O) groups is 2. The van der Waals surface area contributed by atoms with E-state index in [0.29, 0.717) is 13.0 Å². The third kappa shape index (κ3) is 9.05. The standard InChI is InChI=1S/C10H18O5/c1-13-9(11)7-5-3-4-6-8-15-10(12)14-2/h3-8H2,1-2H3. The maximum absolute atomic E-state index is 10.7. The first kappa shape index (κ1) is 13.7. The first-order valence-corrected chi connectivity index (χ1v) is 4.98. The summed E-state index contributed by atoms with van der Waals surface area (Å²) >= 11 is 0. The number of hydrogen-bond donors (Lipinski definition) is 0. The van der Waals surface area contributed by atoms with E-state index in [0.717, 1.165) is 25.7 Å². The minimum Gasteiger partial charge on any atom is -0.469 e. The van der Waals surface area contributed by atoms with Crippen molar-refractivity contribution in [3.05, 3.63) is 0 Å². The summed E-state index contributed by atoms with van der Waals surface area (Å²) in [6.07, 6.45) is 3.26. The molecular formula is C10H18O5. The van der Waals surface area contributed by atoms with Gasteiger partial charge in [0, 0.05) is 6.42 Å². The number of ether oxygens (including phenoxy) is 3. The molecule has 0 rings (SSSR count). The van der Waals surface area contributed by atoms with Crippen LogP contribution in [0.3, 0.4) is 0 Å². The van der Waals surface area contributed by atoms with Crippen LogP contribution < -0.4 is 0 Å². The highest BCUT2D eigenvalue weighted by Crippen LogP contribution is 2.04. The molecule has 0 heterocycles. The molecule has 88 valence electrons. The average molecular weight is 218 g/mol. The van der Waals surface area contributed by atoms with E-state index >= 15 is 0 Å². The lowest BCUT2D eigenvalue weighted by Crippen LogP contribution is -2.05. The maximum atomic E-state index is 10.7. The lowest BCUT2D eigenvalue weighted by atomic mass is 10.1. The van der Waals surface area contributed by atoms with Crippen LogP contribution in [0.25, 0.3) is 0 Å². The van der Waals surface area contributed by atoms with Gasteiger partial charge in [-0.1, -0.05) is 12.8 Å². The topological polar surface area (TPSA) is 61.8 Å². The number of methoxy groups -OCH3 is 2. The fraction of sp³-hybridized carbons (Fsp3) is 0.800. The van der Waals surface area contributed by atoms with Crippen LogP contribution in [0.1, 0.15) is 32.1 Å². The fourth-order valence-corrected chi connectivity index (χ4v) is 1.04. The molecule has 0 saturated heterocycles. The largest absolute Gasteiger partial charge is 0.507 e. The molecule has 0 bridgehead atoms. The molecule has 5 nitrogen and oxygen atoms in total. The Labute approximate surface area is 89.7 Å². The smallest absolute Gasteiger partial charge is 0.469 e. The Hall–Kier alpha value is -1.26. The van der Waals surface area contributed by atoms with Gasteiger partial charge in [0.2, 0.25) is 0 Å². The summed E-state index contributed by atoms with van der Waals surface area (Å²) in [4.78, 5) is 21.2. The number of carbonyl (C=O) groups excluding carboxylic acids is 2. The lowest BCUT2D eigenvalue weighted by Gasteiger charge is -2.02. The van der Waals surface area contributed by atoms with E-state index in [1.165, 1.54) is 14.2 Å². The van der Waals surface area contributed by atoms with Crippen molar-refractivity contribution >= 4 is 12.1 Å². The molecule has 0 amide bonds. The highest BCUT2D eigenvalue weighted by atomic mass is 16.7. The van der Waals surface area contributed by atoms with Crippen molar-refractivity contribution in [1.82, 2.24) is 0 Å². The molecule has 0 N–H and O–H groups in total. The van der Waals surface area contributed by atoms with E-state index < -0.39 is 6.16 Å². The van der Waals surface area contributed by atoms with Crippen molar-refractivity contribution in [3.63, 3.8) is 0 Å². The van der Waals surface area contributed by atoms with Crippen LogP contribution in [0.5, 0.6) is 0 Å². The second kappa shape index (κ2) is 9.30. The zero-order valence-corrected chi connectivity index (χ0v) is 9.28. The van der Waals surface area contributed by atoms with Gasteiger partial charge in [-0.15, -0.1) is 0 Å². The van der Waals surface area contributed by atoms with Crippen LogP contribution in [-0.4, -0.2) is 33.0 Å². The lowest BCUT2D eigenvalue weighted by molar-refractivity contribution is -0.140. The second-order valence-electron chi connectivity index (χ2n) is 3.04. The first-order valence-electron chi connectivity index (χ1n) is 4.98. The normalized spacial score (nSPS) is 9.47. The SMILES string of the molecule is COC(=O)CCCCCCOC(=O)OC. The van der Waals surface area contributed by atoms with Gasteiger partial charge >= 0.3 is 12.1 Å². The van der Waals surface area contributed by atoms with Crippen molar-refractivity contribution in [2.75, 3.05) is 20.8 Å². The second-order valence-corrected chi connectivity index (χ2v) is 3.04. The molecule has 0 aliphatic carbocycles. The third-order valence-corrected chi connectivity index (χ3v) is 1.89. The molecular weight excluding hydrogens is 200 g/mol. The Bertz CT molecular complexity index is 170. The van der Waals surface area contributed by atoms with Gasteiger partial charge < -0.3 is 14.2 Å². The van der Waals surface area contributed by atoms with Crippen molar-refractivity contribution in [1.29, 1.82) is 0 Å². The van der Waals surface area contributed by atoms with E-state index in [4.69, 9.17) is 0 Å². The van der Waals surface area contributed by atoms with Crippen LogP contribution in [0.4, 0.5) is 4.79 Å². The molecule has 15 heavy (non-hydrogen) atoms. The third-order valence-electron chi connectivity index (χ3n) is 1.89. The van der Waals surface area contributed by atoms with E-state index in [-0.39, 0.29) is 5.97 Å². The number of unbranched alkanes of at least 4 members (excludes halogenated alkanes) is 3. The van der Waals surface area contributed by atoms with Gasteiger partial charge in [-0.3, -0.25) is 4.79 Å². The van der Waals surface area contributed by atoms with Crippen molar-refractivity contribution in [2.45, 2.75) is 32.1 Å². The maximum Gasteiger partial charge on any atom is 0.507 e. The Morgan fingerprint density at radius 3 is 2.20 bits per heavy atom. The minimum atomic E-state index is -0.649. The highest BCUT2D eigenvalue weighted by molar-refractivity contribution is 5.68. The van der Waals surface area contributed by atoms with Crippen molar-refractivity contribution in [2.24, 2.45) is 0 Å². The molecule has 0 unspecified atom stereocenters. The van der Waals surface area contributed by atoms with Crippen molar-refractivity contribution < 1.29 is 23.8 Å². The van der Waals surface area contributed by atoms with E-state index in [2.05, 4.69) is 14.2 Å². The van der Waals surface area contributed by atoms with Gasteiger partial charge in [0.15, 0.2) is 0 Å². The number of hydrogen-bond acceptors (Lipinski definition) is 5. The summed E-state index contributed by atoms with van der Waals surface area (Å²) in [7, 11) is 2.66. The highest BCUT2D eigenvalue weighted by Gasteiger charge is 2.01. The Morgan fingerprint density at radius 2 is 1.60 bits per heavy atom. The molecule has 0 aliphatic heterocycles. The number of rotatable bonds is 7. The first-order chi connectivity index (χ1) is 7.20. The summed E-state index contributed by atoms with van der Waals surface area (Å²) in [5.41, 5.74) is 0. The zero-order valence-electron chi connectivity index (χ0n) is 9.28. The Morgan fingerprint density at radius 1 is 0.933 bits per heavy atom. The van der Waals surface area contributed by atoms with Gasteiger partial charge in [0.05, 0.1) is 20.8 Å². The molecule has 0 fully saturated rings. The van der Waals surface area contributed by atoms with E-state index in [9.17, 15) is 9.59 Å². The summed E-state index contributed by atoms with van der Waals surface area (Å²) in [6, 6.07) is 0. The predicted molar refractivity (Wildman–Crippen MR) is 53.5 cm³/mol. The molecule has 0 spiro atoms. The van der Waals surface area contributed by atoms with Crippen LogP contribution in [0, 0.1) is 0 Å². The molecule has 0 saturated carbocycles. The molecule has 0 radical (unpaired) electrons. The zero-order chi connectivity index (χ0) is 11.5. The molecule has 5 heteroatoms. The molecule has 0 aromatic carbocycles. The molecule has 0 aliphatic rings. The summed E-state index contributed by atoms with van der Waals surface area (Å²) in [5, 5.41) is 0.